The fourth-order valence-electron chi connectivity index (χ4n) is 2.04. The lowest BCUT2D eigenvalue weighted by Gasteiger charge is -2.25. The average Bonchev–Trinajstić information content (AvgIpc) is 2.79. The molecule has 1 atom stereocenters. The lowest BCUT2D eigenvalue weighted by Crippen LogP contribution is -2.40. The molecule has 1 aromatic rings. The molecule has 1 aromatic heterocycles. The molecule has 0 bridgehead atoms. The second kappa shape index (κ2) is 7.28. The number of nitrogens with one attached hydrogen (secondary N) is 1. The number of aryl methyl sites for hydroxylation is 1. The third-order valence-corrected chi connectivity index (χ3v) is 2.82. The quantitative estimate of drug-likeness (QED) is 0.788. The van der Waals surface area contributed by atoms with Gasteiger partial charge in [-0.15, -0.1) is 0 Å². The number of carbonyl (C=O) groups is 1. The molecule has 0 aliphatic heterocycles. The molecule has 1 unspecified atom stereocenters. The van der Waals surface area contributed by atoms with Crippen molar-refractivity contribution in [1.82, 2.24) is 14.9 Å². The summed E-state index contributed by atoms with van der Waals surface area (Å²) in [6.45, 7) is 7.07. The molecule has 108 valence electrons. The van der Waals surface area contributed by atoms with E-state index in [0.29, 0.717) is 6.42 Å². The molecule has 0 spiro atoms. The van der Waals surface area contributed by atoms with Crippen molar-refractivity contribution in [1.29, 1.82) is 0 Å². The Bertz CT molecular complexity index is 369. The Morgan fingerprint density at radius 1 is 1.47 bits per heavy atom. The van der Waals surface area contributed by atoms with Crippen LogP contribution in [0.5, 0.6) is 0 Å². The topological polar surface area (TPSA) is 67.2 Å². The first-order valence-electron chi connectivity index (χ1n) is 6.76. The van der Waals surface area contributed by atoms with Gasteiger partial charge in [0, 0.05) is 25.4 Å². The van der Waals surface area contributed by atoms with E-state index in [9.17, 15) is 9.90 Å². The minimum atomic E-state index is -0.152. The van der Waals surface area contributed by atoms with Crippen LogP contribution in [0.4, 0.5) is 0 Å². The summed E-state index contributed by atoms with van der Waals surface area (Å²) < 4.78 is 1.95. The molecule has 5 nitrogen and oxygen atoms in total. The highest BCUT2D eigenvalue weighted by molar-refractivity contribution is 5.76. The van der Waals surface area contributed by atoms with E-state index in [2.05, 4.69) is 31.1 Å². The Morgan fingerprint density at radius 2 is 2.21 bits per heavy atom. The van der Waals surface area contributed by atoms with Crippen LogP contribution in [0, 0.1) is 5.41 Å². The molecular weight excluding hydrogens is 242 g/mol. The fourth-order valence-corrected chi connectivity index (χ4v) is 2.04. The summed E-state index contributed by atoms with van der Waals surface area (Å²) in [5.74, 6) is 0.00316. The molecular formula is C14H25N3O2. The average molecular weight is 267 g/mol. The lowest BCUT2D eigenvalue weighted by molar-refractivity contribution is -0.122. The second-order valence-electron chi connectivity index (χ2n) is 6.12. The molecule has 0 saturated carbocycles. The number of hydrogen-bond donors (Lipinski definition) is 2. The number of hydrogen-bond acceptors (Lipinski definition) is 3. The highest BCUT2D eigenvalue weighted by Crippen LogP contribution is 2.20. The molecule has 0 aliphatic carbocycles. The zero-order chi connectivity index (χ0) is 14.3. The zero-order valence-corrected chi connectivity index (χ0v) is 12.1. The van der Waals surface area contributed by atoms with Crippen LogP contribution in [0.3, 0.4) is 0 Å². The minimum Gasteiger partial charge on any atom is -0.394 e. The number of aromatic nitrogens is 2. The Hall–Kier alpha value is -1.36. The van der Waals surface area contributed by atoms with Crippen LogP contribution in [0.1, 0.15) is 40.0 Å². The normalized spacial score (nSPS) is 13.3. The van der Waals surface area contributed by atoms with Crippen LogP contribution >= 0.6 is 0 Å². The van der Waals surface area contributed by atoms with Gasteiger partial charge in [0.05, 0.1) is 19.0 Å². The summed E-state index contributed by atoms with van der Waals surface area (Å²) in [6, 6.07) is -0.152. The van der Waals surface area contributed by atoms with Gasteiger partial charge in [0.15, 0.2) is 0 Å². The number of aliphatic hydroxyl groups is 1. The van der Waals surface area contributed by atoms with Crippen LogP contribution in [0.15, 0.2) is 18.7 Å². The lowest BCUT2D eigenvalue weighted by atomic mass is 9.88. The van der Waals surface area contributed by atoms with Gasteiger partial charge in [-0.3, -0.25) is 4.79 Å². The first-order valence-corrected chi connectivity index (χ1v) is 6.76. The van der Waals surface area contributed by atoms with Crippen molar-refractivity contribution >= 4 is 5.91 Å². The highest BCUT2D eigenvalue weighted by Gasteiger charge is 2.19. The number of carbonyl (C=O) groups excluding carboxylic acids is 1. The van der Waals surface area contributed by atoms with Gasteiger partial charge >= 0.3 is 0 Å². The summed E-state index contributed by atoms with van der Waals surface area (Å²) in [5.41, 5.74) is 0.0947. The molecule has 1 amide bonds. The smallest absolute Gasteiger partial charge is 0.220 e. The van der Waals surface area contributed by atoms with Gasteiger partial charge in [-0.05, 0) is 18.3 Å². The maximum atomic E-state index is 11.8. The number of rotatable bonds is 7. The maximum absolute atomic E-state index is 11.8. The van der Waals surface area contributed by atoms with E-state index in [1.807, 2.05) is 10.8 Å². The molecule has 1 heterocycles. The van der Waals surface area contributed by atoms with Crippen molar-refractivity contribution in [2.24, 2.45) is 5.41 Å². The third kappa shape index (κ3) is 6.96. The molecule has 0 aliphatic rings. The first kappa shape index (κ1) is 15.7. The summed E-state index contributed by atoms with van der Waals surface area (Å²) in [7, 11) is 0. The summed E-state index contributed by atoms with van der Waals surface area (Å²) in [6.07, 6.45) is 7.37. The van der Waals surface area contributed by atoms with E-state index in [4.69, 9.17) is 0 Å². The molecule has 0 radical (unpaired) electrons. The Kier molecular flexibility index (Phi) is 6.02. The van der Waals surface area contributed by atoms with E-state index in [1.54, 1.807) is 12.5 Å². The van der Waals surface area contributed by atoms with Crippen LogP contribution in [-0.4, -0.2) is 33.2 Å². The number of nitrogens with zero attached hydrogens (tertiary/aromatic N) is 2. The maximum Gasteiger partial charge on any atom is 0.220 e. The third-order valence-electron chi connectivity index (χ3n) is 2.82. The van der Waals surface area contributed by atoms with Gasteiger partial charge in [0.1, 0.15) is 0 Å². The van der Waals surface area contributed by atoms with E-state index >= 15 is 0 Å². The first-order chi connectivity index (χ1) is 8.90. The van der Waals surface area contributed by atoms with Crippen LogP contribution < -0.4 is 5.32 Å². The molecule has 0 saturated heterocycles. The van der Waals surface area contributed by atoms with Crippen molar-refractivity contribution in [3.63, 3.8) is 0 Å². The van der Waals surface area contributed by atoms with Crippen LogP contribution in [0.25, 0.3) is 0 Å². The number of imidazole rings is 1. The Labute approximate surface area is 115 Å². The second-order valence-corrected chi connectivity index (χ2v) is 6.12. The summed E-state index contributed by atoms with van der Waals surface area (Å²) in [4.78, 5) is 15.7. The summed E-state index contributed by atoms with van der Waals surface area (Å²) >= 11 is 0. The van der Waals surface area contributed by atoms with Crippen LogP contribution in [-0.2, 0) is 11.3 Å². The van der Waals surface area contributed by atoms with Gasteiger partial charge in [-0.25, -0.2) is 4.98 Å². The van der Waals surface area contributed by atoms with Crippen molar-refractivity contribution in [2.45, 2.75) is 52.6 Å². The Balaban J connectivity index is 2.25. The van der Waals surface area contributed by atoms with E-state index in [0.717, 1.165) is 19.4 Å². The number of amides is 1. The van der Waals surface area contributed by atoms with Crippen molar-refractivity contribution in [3.05, 3.63) is 18.7 Å². The van der Waals surface area contributed by atoms with Gasteiger partial charge < -0.3 is 15.0 Å². The molecule has 19 heavy (non-hydrogen) atoms. The minimum absolute atomic E-state index is 0.00316. The van der Waals surface area contributed by atoms with Crippen molar-refractivity contribution in [2.75, 3.05) is 6.61 Å². The molecule has 0 aromatic carbocycles. The molecule has 0 fully saturated rings. The standard InChI is InChI=1S/C14H25N3O2/c1-14(2,3)9-12(10-18)16-13(19)5-4-7-17-8-6-15-11-17/h6,8,11-12,18H,4-5,7,9-10H2,1-3H3,(H,16,19). The van der Waals surface area contributed by atoms with Gasteiger partial charge in [0.25, 0.3) is 0 Å². The summed E-state index contributed by atoms with van der Waals surface area (Å²) in [5, 5.41) is 12.2. The highest BCUT2D eigenvalue weighted by atomic mass is 16.3. The predicted octanol–water partition coefficient (Wildman–Crippen LogP) is 1.58. The Morgan fingerprint density at radius 3 is 2.74 bits per heavy atom. The molecule has 5 heteroatoms. The SMILES string of the molecule is CC(C)(C)CC(CO)NC(=O)CCCn1ccnc1. The van der Waals surface area contributed by atoms with E-state index < -0.39 is 0 Å². The van der Waals surface area contributed by atoms with Gasteiger partial charge in [0.2, 0.25) is 5.91 Å². The molecule has 2 N–H and O–H groups in total. The molecule has 1 rings (SSSR count). The van der Waals surface area contributed by atoms with Crippen molar-refractivity contribution in [3.8, 4) is 0 Å². The fraction of sp³-hybridized carbons (Fsp3) is 0.714. The predicted molar refractivity (Wildman–Crippen MR) is 74.5 cm³/mol. The zero-order valence-electron chi connectivity index (χ0n) is 12.1. The van der Waals surface area contributed by atoms with Gasteiger partial charge in [-0.1, -0.05) is 20.8 Å². The van der Waals surface area contributed by atoms with Crippen molar-refractivity contribution < 1.29 is 9.90 Å². The largest absolute Gasteiger partial charge is 0.394 e. The van der Waals surface area contributed by atoms with Crippen LogP contribution in [0.2, 0.25) is 0 Å². The number of aliphatic hydroxyl groups excluding tert-OH is 1. The monoisotopic (exact) mass is 267 g/mol. The van der Waals surface area contributed by atoms with E-state index in [-0.39, 0.29) is 24.0 Å². The van der Waals surface area contributed by atoms with Gasteiger partial charge in [-0.2, -0.15) is 0 Å². The van der Waals surface area contributed by atoms with E-state index in [1.165, 1.54) is 0 Å².